The molecule has 1 atom stereocenters. The van der Waals surface area contributed by atoms with Crippen LogP contribution in [0.4, 0.5) is 4.79 Å². The van der Waals surface area contributed by atoms with Crippen LogP contribution in [0.5, 0.6) is 5.75 Å². The van der Waals surface area contributed by atoms with Crippen LogP contribution in [0.2, 0.25) is 0 Å². The third-order valence-corrected chi connectivity index (χ3v) is 4.85. The summed E-state index contributed by atoms with van der Waals surface area (Å²) in [6.07, 6.45) is 3.82. The van der Waals surface area contributed by atoms with Gasteiger partial charge in [-0.05, 0) is 70.1 Å². The van der Waals surface area contributed by atoms with E-state index in [4.69, 9.17) is 9.47 Å². The summed E-state index contributed by atoms with van der Waals surface area (Å²) in [5.74, 6) is 1.44. The Morgan fingerprint density at radius 1 is 1.29 bits per heavy atom. The van der Waals surface area contributed by atoms with Crippen LogP contribution in [0.15, 0.2) is 24.3 Å². The lowest BCUT2D eigenvalue weighted by Crippen LogP contribution is -2.41. The average Bonchev–Trinajstić information content (AvgIpc) is 2.65. The van der Waals surface area contributed by atoms with Crippen LogP contribution < -0.4 is 10.1 Å². The lowest BCUT2D eigenvalue weighted by Gasteiger charge is -2.33. The Kier molecular flexibility index (Phi) is 8.15. The van der Waals surface area contributed by atoms with Gasteiger partial charge in [-0.1, -0.05) is 12.1 Å². The van der Waals surface area contributed by atoms with Crippen molar-refractivity contribution in [3.8, 4) is 5.75 Å². The zero-order chi connectivity index (χ0) is 20.6. The first kappa shape index (κ1) is 22.1. The van der Waals surface area contributed by atoms with Crippen LogP contribution in [0.3, 0.4) is 0 Å². The number of hydrogen-bond acceptors (Lipinski definition) is 4. The Morgan fingerprint density at radius 2 is 2.07 bits per heavy atom. The number of hydrogen-bond donors (Lipinski definition) is 1. The van der Waals surface area contributed by atoms with Gasteiger partial charge in [-0.3, -0.25) is 4.79 Å². The Hall–Kier alpha value is -2.24. The van der Waals surface area contributed by atoms with Gasteiger partial charge in [-0.15, -0.1) is 0 Å². The van der Waals surface area contributed by atoms with Crippen molar-refractivity contribution in [2.75, 3.05) is 26.7 Å². The van der Waals surface area contributed by atoms with E-state index in [9.17, 15) is 9.59 Å². The standard InChI is InChI=1S/C22H34N2O4/c1-22(2,3)28-21(26)23-13-12-18-8-6-14-24(16-18)20(25)11-10-17-7-5-9-19(15-17)27-4/h5,7,9,15,18H,6,8,10-14,16H2,1-4H3,(H,23,26). The third-order valence-electron chi connectivity index (χ3n) is 4.85. The van der Waals surface area contributed by atoms with E-state index in [0.717, 1.165) is 50.1 Å². The molecule has 0 aromatic heterocycles. The number of aryl methyl sites for hydroxylation is 1. The lowest BCUT2D eigenvalue weighted by molar-refractivity contribution is -0.133. The van der Waals surface area contributed by atoms with E-state index < -0.39 is 5.60 Å². The molecule has 1 heterocycles. The van der Waals surface area contributed by atoms with Gasteiger partial charge >= 0.3 is 6.09 Å². The molecule has 2 rings (SSSR count). The van der Waals surface area contributed by atoms with Crippen LogP contribution in [0, 0.1) is 5.92 Å². The molecule has 1 aromatic rings. The van der Waals surface area contributed by atoms with Gasteiger partial charge in [0.1, 0.15) is 11.4 Å². The maximum Gasteiger partial charge on any atom is 0.407 e. The molecule has 6 heteroatoms. The fourth-order valence-corrected chi connectivity index (χ4v) is 3.46. The first-order valence-corrected chi connectivity index (χ1v) is 10.1. The Labute approximate surface area is 168 Å². The highest BCUT2D eigenvalue weighted by Gasteiger charge is 2.23. The largest absolute Gasteiger partial charge is 0.497 e. The first-order chi connectivity index (χ1) is 13.3. The number of rotatable bonds is 7. The second kappa shape index (κ2) is 10.3. The van der Waals surface area contributed by atoms with Crippen LogP contribution in [-0.4, -0.2) is 49.2 Å². The number of ether oxygens (including phenoxy) is 2. The van der Waals surface area contributed by atoms with E-state index in [1.165, 1.54) is 0 Å². The van der Waals surface area contributed by atoms with Crippen molar-refractivity contribution in [1.82, 2.24) is 10.2 Å². The lowest BCUT2D eigenvalue weighted by atomic mass is 9.94. The minimum absolute atomic E-state index is 0.202. The minimum Gasteiger partial charge on any atom is -0.497 e. The molecule has 1 fully saturated rings. The molecular formula is C22H34N2O4. The van der Waals surface area contributed by atoms with Crippen LogP contribution in [-0.2, 0) is 16.0 Å². The summed E-state index contributed by atoms with van der Waals surface area (Å²) in [7, 11) is 1.65. The van der Waals surface area contributed by atoms with Gasteiger partial charge < -0.3 is 19.7 Å². The summed E-state index contributed by atoms with van der Waals surface area (Å²) < 4.78 is 10.5. The fourth-order valence-electron chi connectivity index (χ4n) is 3.46. The molecule has 1 saturated heterocycles. The SMILES string of the molecule is COc1cccc(CCC(=O)N2CCCC(CCNC(=O)OC(C)(C)C)C2)c1. The molecule has 28 heavy (non-hydrogen) atoms. The molecule has 0 aliphatic carbocycles. The highest BCUT2D eigenvalue weighted by atomic mass is 16.6. The van der Waals surface area contributed by atoms with Crippen molar-refractivity contribution in [3.05, 3.63) is 29.8 Å². The molecule has 0 bridgehead atoms. The van der Waals surface area contributed by atoms with E-state index in [1.807, 2.05) is 49.9 Å². The van der Waals surface area contributed by atoms with Gasteiger partial charge in [0.2, 0.25) is 5.91 Å². The fraction of sp³-hybridized carbons (Fsp3) is 0.636. The van der Waals surface area contributed by atoms with E-state index in [0.29, 0.717) is 18.9 Å². The summed E-state index contributed by atoms with van der Waals surface area (Å²) in [6, 6.07) is 7.87. The minimum atomic E-state index is -0.485. The second-order valence-corrected chi connectivity index (χ2v) is 8.42. The molecule has 0 saturated carbocycles. The molecule has 0 radical (unpaired) electrons. The van der Waals surface area contributed by atoms with Gasteiger partial charge in [0, 0.05) is 26.1 Å². The number of benzene rings is 1. The molecule has 1 unspecified atom stereocenters. The van der Waals surface area contributed by atoms with Crippen molar-refractivity contribution < 1.29 is 19.1 Å². The zero-order valence-electron chi connectivity index (χ0n) is 17.6. The number of nitrogens with one attached hydrogen (secondary N) is 1. The van der Waals surface area contributed by atoms with Crippen molar-refractivity contribution in [3.63, 3.8) is 0 Å². The van der Waals surface area contributed by atoms with Gasteiger partial charge in [0.15, 0.2) is 0 Å². The van der Waals surface area contributed by atoms with E-state index in [-0.39, 0.29) is 12.0 Å². The zero-order valence-corrected chi connectivity index (χ0v) is 17.6. The molecule has 6 nitrogen and oxygen atoms in total. The number of carbonyl (C=O) groups excluding carboxylic acids is 2. The highest BCUT2D eigenvalue weighted by molar-refractivity contribution is 5.76. The normalized spacial score (nSPS) is 17.1. The van der Waals surface area contributed by atoms with Crippen molar-refractivity contribution in [2.24, 2.45) is 5.92 Å². The number of likely N-dealkylation sites (tertiary alicyclic amines) is 1. The predicted octanol–water partition coefficient (Wildman–Crippen LogP) is 3.78. The maximum atomic E-state index is 12.6. The van der Waals surface area contributed by atoms with Crippen molar-refractivity contribution in [2.45, 2.75) is 58.5 Å². The number of carbonyl (C=O) groups is 2. The third kappa shape index (κ3) is 7.79. The van der Waals surface area contributed by atoms with E-state index in [2.05, 4.69) is 5.32 Å². The summed E-state index contributed by atoms with van der Waals surface area (Å²) in [5, 5.41) is 2.81. The second-order valence-electron chi connectivity index (χ2n) is 8.42. The average molecular weight is 391 g/mol. The highest BCUT2D eigenvalue weighted by Crippen LogP contribution is 2.21. The van der Waals surface area contributed by atoms with Crippen molar-refractivity contribution in [1.29, 1.82) is 0 Å². The monoisotopic (exact) mass is 390 g/mol. The topological polar surface area (TPSA) is 67.9 Å². The van der Waals surface area contributed by atoms with Crippen molar-refractivity contribution >= 4 is 12.0 Å². The van der Waals surface area contributed by atoms with Crippen LogP contribution in [0.1, 0.15) is 52.0 Å². The number of nitrogens with zero attached hydrogens (tertiary/aromatic N) is 1. The molecule has 2 amide bonds. The summed E-state index contributed by atoms with van der Waals surface area (Å²) in [6.45, 7) is 7.72. The summed E-state index contributed by atoms with van der Waals surface area (Å²) in [5.41, 5.74) is 0.629. The number of methoxy groups -OCH3 is 1. The number of alkyl carbamates (subject to hydrolysis) is 1. The predicted molar refractivity (Wildman–Crippen MR) is 109 cm³/mol. The van der Waals surface area contributed by atoms with Crippen LogP contribution >= 0.6 is 0 Å². The first-order valence-electron chi connectivity index (χ1n) is 10.1. The molecular weight excluding hydrogens is 356 g/mol. The quantitative estimate of drug-likeness (QED) is 0.769. The van der Waals surface area contributed by atoms with E-state index >= 15 is 0 Å². The Balaban J connectivity index is 1.72. The van der Waals surface area contributed by atoms with Gasteiger partial charge in [0.05, 0.1) is 7.11 Å². The number of piperidine rings is 1. The maximum absolute atomic E-state index is 12.6. The van der Waals surface area contributed by atoms with Crippen LogP contribution in [0.25, 0.3) is 0 Å². The molecule has 1 aromatic carbocycles. The Bertz CT molecular complexity index is 654. The smallest absolute Gasteiger partial charge is 0.407 e. The van der Waals surface area contributed by atoms with Gasteiger partial charge in [-0.2, -0.15) is 0 Å². The molecule has 1 aliphatic heterocycles. The van der Waals surface area contributed by atoms with E-state index in [1.54, 1.807) is 7.11 Å². The summed E-state index contributed by atoms with van der Waals surface area (Å²) in [4.78, 5) is 26.3. The number of amides is 2. The van der Waals surface area contributed by atoms with Gasteiger partial charge in [0.25, 0.3) is 0 Å². The van der Waals surface area contributed by atoms with Gasteiger partial charge in [-0.25, -0.2) is 4.79 Å². The molecule has 1 N–H and O–H groups in total. The molecule has 1 aliphatic rings. The molecule has 156 valence electrons. The Morgan fingerprint density at radius 3 is 2.79 bits per heavy atom. The molecule has 0 spiro atoms. The summed E-state index contributed by atoms with van der Waals surface area (Å²) >= 11 is 0.